The Kier molecular flexibility index (Phi) is 8.05. The molecule has 15 heavy (non-hydrogen) atoms. The SMILES string of the molecule is C=C(CN1CCCOCC1)[B-](F)(F)F.[K+]. The average Bonchev–Trinajstić information content (AvgIpc) is 2.31. The van der Waals surface area contributed by atoms with E-state index in [0.29, 0.717) is 26.3 Å². The van der Waals surface area contributed by atoms with Crippen molar-refractivity contribution in [3.8, 4) is 0 Å². The summed E-state index contributed by atoms with van der Waals surface area (Å²) < 4.78 is 41.8. The quantitative estimate of drug-likeness (QED) is 0.572. The van der Waals surface area contributed by atoms with E-state index in [1.807, 2.05) is 0 Å². The summed E-state index contributed by atoms with van der Waals surface area (Å²) in [6.45, 7) is 0.478. The molecule has 7 heteroatoms. The maximum absolute atomic E-state index is 12.2. The molecule has 82 valence electrons. The van der Waals surface area contributed by atoms with Crippen LogP contribution in [0, 0.1) is 0 Å². The van der Waals surface area contributed by atoms with Gasteiger partial charge in [-0.25, -0.2) is 0 Å². The molecule has 0 atom stereocenters. The molecular weight excluding hydrogens is 233 g/mol. The van der Waals surface area contributed by atoms with Gasteiger partial charge in [-0.05, 0) is 13.0 Å². The van der Waals surface area contributed by atoms with Gasteiger partial charge in [0, 0.05) is 19.7 Å². The molecule has 1 saturated heterocycles. The Bertz CT molecular complexity index is 205. The van der Waals surface area contributed by atoms with Crippen LogP contribution in [0.15, 0.2) is 12.1 Å². The molecule has 1 aliphatic rings. The Hall–Kier alpha value is 1.15. The molecule has 0 bridgehead atoms. The van der Waals surface area contributed by atoms with E-state index in [-0.39, 0.29) is 57.9 Å². The first-order valence-electron chi connectivity index (χ1n) is 4.68. The first kappa shape index (κ1) is 16.2. The van der Waals surface area contributed by atoms with Crippen LogP contribution in [0.25, 0.3) is 0 Å². The van der Waals surface area contributed by atoms with Crippen LogP contribution in [0.1, 0.15) is 6.42 Å². The Balaban J connectivity index is 0.00000196. The average molecular weight is 247 g/mol. The molecule has 1 heterocycles. The largest absolute Gasteiger partial charge is 1.00 e. The van der Waals surface area contributed by atoms with E-state index in [1.165, 1.54) is 0 Å². The van der Waals surface area contributed by atoms with Crippen LogP contribution in [0.3, 0.4) is 0 Å². The topological polar surface area (TPSA) is 12.5 Å². The third-order valence-corrected chi connectivity index (χ3v) is 2.20. The van der Waals surface area contributed by atoms with Crippen molar-refractivity contribution >= 4 is 6.98 Å². The minimum atomic E-state index is -4.89. The van der Waals surface area contributed by atoms with Crippen LogP contribution in [0.4, 0.5) is 12.9 Å². The first-order valence-corrected chi connectivity index (χ1v) is 4.68. The third kappa shape index (κ3) is 6.45. The number of hydrogen-bond acceptors (Lipinski definition) is 2. The predicted molar refractivity (Wildman–Crippen MR) is 50.1 cm³/mol. The number of hydrogen-bond donors (Lipinski definition) is 0. The van der Waals surface area contributed by atoms with Crippen molar-refractivity contribution < 1.29 is 69.1 Å². The monoisotopic (exact) mass is 247 g/mol. The van der Waals surface area contributed by atoms with Gasteiger partial charge in [-0.15, -0.1) is 12.1 Å². The molecular formula is C8H14BF3KNO. The van der Waals surface area contributed by atoms with Crippen molar-refractivity contribution in [1.82, 2.24) is 4.90 Å². The standard InChI is InChI=1S/C8H14BF3NO.K/c1-8(9(10,11)12)7-13-3-2-5-14-6-4-13;/h1-7H2;/q-1;+1. The zero-order valence-electron chi connectivity index (χ0n) is 9.02. The van der Waals surface area contributed by atoms with Crippen LogP contribution in [-0.2, 0) is 4.74 Å². The van der Waals surface area contributed by atoms with Crippen molar-refractivity contribution in [2.24, 2.45) is 0 Å². The van der Waals surface area contributed by atoms with Gasteiger partial charge in [-0.1, -0.05) is 0 Å². The fraction of sp³-hybridized carbons (Fsp3) is 0.750. The number of nitrogens with zero attached hydrogens (tertiary/aromatic N) is 1. The van der Waals surface area contributed by atoms with Crippen LogP contribution in [0.2, 0.25) is 0 Å². The van der Waals surface area contributed by atoms with E-state index in [9.17, 15) is 12.9 Å². The van der Waals surface area contributed by atoms with Gasteiger partial charge in [0.25, 0.3) is 0 Å². The summed E-state index contributed by atoms with van der Waals surface area (Å²) in [6, 6.07) is 0. The smallest absolute Gasteiger partial charge is 0.445 e. The van der Waals surface area contributed by atoms with Crippen molar-refractivity contribution in [2.45, 2.75) is 6.42 Å². The van der Waals surface area contributed by atoms with Crippen LogP contribution in [-0.4, -0.2) is 44.7 Å². The molecule has 0 aromatic carbocycles. The summed E-state index contributed by atoms with van der Waals surface area (Å²) in [5.74, 6) is 0. The Morgan fingerprint density at radius 3 is 2.53 bits per heavy atom. The van der Waals surface area contributed by atoms with Crippen LogP contribution >= 0.6 is 0 Å². The minimum absolute atomic E-state index is 0. The second-order valence-corrected chi connectivity index (χ2v) is 3.48. The number of rotatable bonds is 3. The Morgan fingerprint density at radius 2 is 1.93 bits per heavy atom. The van der Waals surface area contributed by atoms with Gasteiger partial charge < -0.3 is 22.6 Å². The summed E-state index contributed by atoms with van der Waals surface area (Å²) in [7, 11) is 0. The Morgan fingerprint density at radius 1 is 1.27 bits per heavy atom. The summed E-state index contributed by atoms with van der Waals surface area (Å²) >= 11 is 0. The molecule has 0 N–H and O–H groups in total. The van der Waals surface area contributed by atoms with Crippen molar-refractivity contribution in [2.75, 3.05) is 32.8 Å². The van der Waals surface area contributed by atoms with E-state index in [4.69, 9.17) is 4.74 Å². The molecule has 0 saturated carbocycles. The van der Waals surface area contributed by atoms with Crippen molar-refractivity contribution in [1.29, 1.82) is 0 Å². The molecule has 1 rings (SSSR count). The summed E-state index contributed by atoms with van der Waals surface area (Å²) in [5.41, 5.74) is -0.619. The molecule has 0 aromatic rings. The molecule has 1 fully saturated rings. The molecule has 1 aliphatic heterocycles. The minimum Gasteiger partial charge on any atom is -0.445 e. The molecule has 0 amide bonds. The summed E-state index contributed by atoms with van der Waals surface area (Å²) in [5, 5.41) is 0. The zero-order valence-corrected chi connectivity index (χ0v) is 12.1. The van der Waals surface area contributed by atoms with Gasteiger partial charge in [-0.2, -0.15) is 0 Å². The van der Waals surface area contributed by atoms with Gasteiger partial charge >= 0.3 is 58.4 Å². The van der Waals surface area contributed by atoms with Gasteiger partial charge in [0.15, 0.2) is 0 Å². The zero-order chi connectivity index (χ0) is 10.6. The Labute approximate surface area is 131 Å². The van der Waals surface area contributed by atoms with Crippen molar-refractivity contribution in [3.63, 3.8) is 0 Å². The van der Waals surface area contributed by atoms with E-state index in [2.05, 4.69) is 6.58 Å². The molecule has 0 radical (unpaired) electrons. The van der Waals surface area contributed by atoms with Crippen LogP contribution < -0.4 is 51.4 Å². The summed E-state index contributed by atoms with van der Waals surface area (Å²) in [6.07, 6.45) is 0.790. The van der Waals surface area contributed by atoms with E-state index in [0.717, 1.165) is 6.42 Å². The fourth-order valence-corrected chi connectivity index (χ4v) is 1.35. The summed E-state index contributed by atoms with van der Waals surface area (Å²) in [4.78, 5) is 1.74. The molecule has 2 nitrogen and oxygen atoms in total. The molecule has 0 aromatic heterocycles. The molecule has 0 unspecified atom stereocenters. The van der Waals surface area contributed by atoms with E-state index >= 15 is 0 Å². The first-order chi connectivity index (χ1) is 6.50. The fourth-order valence-electron chi connectivity index (χ4n) is 1.35. The molecule has 0 spiro atoms. The van der Waals surface area contributed by atoms with E-state index in [1.54, 1.807) is 4.90 Å². The van der Waals surface area contributed by atoms with Gasteiger partial charge in [0.1, 0.15) is 0 Å². The maximum Gasteiger partial charge on any atom is 1.00 e. The maximum atomic E-state index is 12.2. The van der Waals surface area contributed by atoms with Crippen molar-refractivity contribution in [3.05, 3.63) is 12.1 Å². The van der Waals surface area contributed by atoms with Gasteiger partial charge in [0.05, 0.1) is 6.61 Å². The normalized spacial score (nSPS) is 19.1. The number of halogens is 3. The van der Waals surface area contributed by atoms with E-state index < -0.39 is 12.4 Å². The van der Waals surface area contributed by atoms with Gasteiger partial charge in [-0.3, -0.25) is 0 Å². The third-order valence-electron chi connectivity index (χ3n) is 2.20. The second kappa shape index (κ2) is 7.47. The predicted octanol–water partition coefficient (Wildman–Crippen LogP) is -1.34. The van der Waals surface area contributed by atoms with Gasteiger partial charge in [0.2, 0.25) is 0 Å². The number of ether oxygens (including phenoxy) is 1. The van der Waals surface area contributed by atoms with Crippen LogP contribution in [0.5, 0.6) is 0 Å². The second-order valence-electron chi connectivity index (χ2n) is 3.48. The molecule has 0 aliphatic carbocycles.